The molecule has 130 valence electrons. The van der Waals surface area contributed by atoms with E-state index in [1.165, 1.54) is 6.33 Å². The van der Waals surface area contributed by atoms with E-state index in [9.17, 15) is 4.79 Å². The number of hydrogen-bond donors (Lipinski definition) is 1. The van der Waals surface area contributed by atoms with E-state index in [-0.39, 0.29) is 17.7 Å². The van der Waals surface area contributed by atoms with Crippen molar-refractivity contribution >= 4 is 16.9 Å². The minimum Gasteiger partial charge on any atom is -0.348 e. The second-order valence-electron chi connectivity index (χ2n) is 5.77. The first-order valence-corrected chi connectivity index (χ1v) is 8.20. The molecule has 4 aromatic rings. The third-order valence-corrected chi connectivity index (χ3v) is 4.08. The van der Waals surface area contributed by atoms with Crippen molar-refractivity contribution in [1.29, 1.82) is 0 Å². The van der Waals surface area contributed by atoms with Gasteiger partial charge in [0.05, 0.1) is 11.4 Å². The van der Waals surface area contributed by atoms with Gasteiger partial charge in [-0.05, 0) is 24.1 Å². The Labute approximate surface area is 148 Å². The Hall–Kier alpha value is -3.55. The molecule has 4 rings (SSSR count). The van der Waals surface area contributed by atoms with E-state index in [1.54, 1.807) is 29.3 Å². The summed E-state index contributed by atoms with van der Waals surface area (Å²) in [4.78, 5) is 20.8. The minimum atomic E-state index is -0.326. The van der Waals surface area contributed by atoms with Crippen molar-refractivity contribution in [3.63, 3.8) is 0 Å². The van der Waals surface area contributed by atoms with Crippen molar-refractivity contribution in [1.82, 2.24) is 30.2 Å². The van der Waals surface area contributed by atoms with Gasteiger partial charge >= 0.3 is 0 Å². The summed E-state index contributed by atoms with van der Waals surface area (Å²) in [6.45, 7) is 0.624. The summed E-state index contributed by atoms with van der Waals surface area (Å²) in [6, 6.07) is 13.1. The maximum absolute atomic E-state index is 12.8. The summed E-state index contributed by atoms with van der Waals surface area (Å²) in [5, 5.41) is 11.6. The average molecular weight is 348 g/mol. The first kappa shape index (κ1) is 15.9. The van der Waals surface area contributed by atoms with E-state index < -0.39 is 0 Å². The summed E-state index contributed by atoms with van der Waals surface area (Å²) < 4.78 is 6.94. The van der Waals surface area contributed by atoms with Gasteiger partial charge in [-0.15, -0.1) is 0 Å². The normalized spacial score (nSPS) is 12.2. The molecule has 3 aromatic heterocycles. The lowest BCUT2D eigenvalue weighted by Crippen LogP contribution is -2.29. The van der Waals surface area contributed by atoms with E-state index in [0.717, 1.165) is 5.56 Å². The van der Waals surface area contributed by atoms with E-state index >= 15 is 0 Å². The summed E-state index contributed by atoms with van der Waals surface area (Å²) in [6.07, 6.45) is 5.41. The number of rotatable bonds is 6. The highest BCUT2D eigenvalue weighted by Crippen LogP contribution is 2.20. The molecular weight excluding hydrogens is 332 g/mol. The van der Waals surface area contributed by atoms with Gasteiger partial charge in [-0.2, -0.15) is 5.10 Å². The Kier molecular flexibility index (Phi) is 4.38. The molecule has 0 aliphatic heterocycles. The van der Waals surface area contributed by atoms with Gasteiger partial charge in [-0.25, -0.2) is 9.97 Å². The van der Waals surface area contributed by atoms with Crippen molar-refractivity contribution < 1.29 is 9.32 Å². The molecule has 8 nitrogen and oxygen atoms in total. The number of aromatic nitrogens is 5. The van der Waals surface area contributed by atoms with Crippen LogP contribution >= 0.6 is 0 Å². The highest BCUT2D eigenvalue weighted by molar-refractivity contribution is 6.02. The summed E-state index contributed by atoms with van der Waals surface area (Å²) in [7, 11) is 0. The second-order valence-corrected chi connectivity index (χ2v) is 5.77. The molecule has 8 heteroatoms. The fraction of sp³-hybridized carbons (Fsp3) is 0.167. The van der Waals surface area contributed by atoms with Crippen LogP contribution in [0.5, 0.6) is 0 Å². The van der Waals surface area contributed by atoms with Crippen molar-refractivity contribution in [2.45, 2.75) is 19.0 Å². The van der Waals surface area contributed by atoms with Crippen LogP contribution in [0.4, 0.5) is 0 Å². The largest absolute Gasteiger partial charge is 0.348 e. The number of nitrogens with zero attached hydrogens (tertiary/aromatic N) is 5. The molecule has 0 aliphatic rings. The van der Waals surface area contributed by atoms with Crippen LogP contribution in [0.3, 0.4) is 0 Å². The third-order valence-electron chi connectivity index (χ3n) is 4.08. The number of nitrogens with one attached hydrogen (secondary N) is 1. The maximum atomic E-state index is 12.8. The predicted octanol–water partition coefficient (Wildman–Crippen LogP) is 2.38. The zero-order valence-corrected chi connectivity index (χ0v) is 13.8. The van der Waals surface area contributed by atoms with Crippen molar-refractivity contribution in [3.05, 3.63) is 72.6 Å². The van der Waals surface area contributed by atoms with Gasteiger partial charge in [-0.3, -0.25) is 9.48 Å². The highest BCUT2D eigenvalue weighted by Gasteiger charge is 2.21. The lowest BCUT2D eigenvalue weighted by Gasteiger charge is -2.18. The quantitative estimate of drug-likeness (QED) is 0.574. The molecule has 26 heavy (non-hydrogen) atoms. The molecule has 0 saturated heterocycles. The van der Waals surface area contributed by atoms with Gasteiger partial charge in [-0.1, -0.05) is 35.5 Å². The van der Waals surface area contributed by atoms with Gasteiger partial charge in [0.25, 0.3) is 5.91 Å². The van der Waals surface area contributed by atoms with Crippen LogP contribution in [0, 0.1) is 0 Å². The predicted molar refractivity (Wildman–Crippen MR) is 93.1 cm³/mol. The molecule has 1 N–H and O–H groups in total. The zero-order valence-electron chi connectivity index (χ0n) is 13.8. The van der Waals surface area contributed by atoms with Crippen LogP contribution < -0.4 is 5.32 Å². The molecule has 0 aliphatic carbocycles. The standard InChI is InChI=1S/C18H16N6O2/c25-18(16-14-7-4-9-20-17(14)23-26-16)22-15(13-5-2-1-3-6-13)8-10-24-12-19-11-21-24/h1-7,9,11-12,15H,8,10H2,(H,22,25). The molecule has 0 saturated carbocycles. The summed E-state index contributed by atoms with van der Waals surface area (Å²) in [5.74, 6) is -0.164. The van der Waals surface area contributed by atoms with Crippen LogP contribution in [0.15, 0.2) is 65.8 Å². The number of benzene rings is 1. The molecule has 0 bridgehead atoms. The number of amides is 1. The van der Waals surface area contributed by atoms with Crippen LogP contribution in [0.1, 0.15) is 28.6 Å². The molecule has 1 aromatic carbocycles. The molecule has 1 atom stereocenters. The smallest absolute Gasteiger partial charge is 0.291 e. The summed E-state index contributed by atoms with van der Waals surface area (Å²) in [5.41, 5.74) is 1.42. The molecular formula is C18H16N6O2. The molecule has 1 amide bonds. The average Bonchev–Trinajstić information content (AvgIpc) is 3.35. The van der Waals surface area contributed by atoms with Crippen molar-refractivity contribution in [2.24, 2.45) is 0 Å². The second kappa shape index (κ2) is 7.14. The van der Waals surface area contributed by atoms with E-state index in [2.05, 4.69) is 25.5 Å². The molecule has 0 fully saturated rings. The number of hydrogen-bond acceptors (Lipinski definition) is 6. The Morgan fingerprint density at radius 3 is 2.88 bits per heavy atom. The van der Waals surface area contributed by atoms with Crippen molar-refractivity contribution in [2.75, 3.05) is 0 Å². The van der Waals surface area contributed by atoms with Gasteiger partial charge in [0.1, 0.15) is 12.7 Å². The number of fused-ring (bicyclic) bond motifs is 1. The number of aryl methyl sites for hydroxylation is 1. The first-order chi connectivity index (χ1) is 12.8. The van der Waals surface area contributed by atoms with E-state index in [4.69, 9.17) is 4.52 Å². The van der Waals surface area contributed by atoms with Crippen molar-refractivity contribution in [3.8, 4) is 0 Å². The molecule has 3 heterocycles. The number of carbonyl (C=O) groups excluding carboxylic acids is 1. The Morgan fingerprint density at radius 1 is 1.19 bits per heavy atom. The first-order valence-electron chi connectivity index (χ1n) is 8.20. The fourth-order valence-corrected chi connectivity index (χ4v) is 2.79. The topological polar surface area (TPSA) is 98.7 Å². The van der Waals surface area contributed by atoms with Crippen LogP contribution in [-0.4, -0.2) is 30.8 Å². The van der Waals surface area contributed by atoms with E-state index in [0.29, 0.717) is 24.0 Å². The molecule has 1 unspecified atom stereocenters. The lowest BCUT2D eigenvalue weighted by molar-refractivity contribution is 0.0898. The Morgan fingerprint density at radius 2 is 2.08 bits per heavy atom. The van der Waals surface area contributed by atoms with Gasteiger partial charge in [0.2, 0.25) is 11.4 Å². The number of pyridine rings is 1. The highest BCUT2D eigenvalue weighted by atomic mass is 16.5. The van der Waals surface area contributed by atoms with Gasteiger partial charge in [0, 0.05) is 12.7 Å². The maximum Gasteiger partial charge on any atom is 0.291 e. The van der Waals surface area contributed by atoms with Crippen LogP contribution in [0.2, 0.25) is 0 Å². The zero-order chi connectivity index (χ0) is 17.8. The third kappa shape index (κ3) is 3.30. The fourth-order valence-electron chi connectivity index (χ4n) is 2.79. The minimum absolute atomic E-state index is 0.162. The summed E-state index contributed by atoms with van der Waals surface area (Å²) >= 11 is 0. The molecule has 0 spiro atoms. The Balaban J connectivity index is 1.56. The SMILES string of the molecule is O=C(NC(CCn1cncn1)c1ccccc1)c1onc2ncccc12. The van der Waals surface area contributed by atoms with Gasteiger partial charge < -0.3 is 9.84 Å². The van der Waals surface area contributed by atoms with Crippen LogP contribution in [-0.2, 0) is 6.54 Å². The molecule has 0 radical (unpaired) electrons. The Bertz CT molecular complexity index is 997. The lowest BCUT2D eigenvalue weighted by atomic mass is 10.0. The van der Waals surface area contributed by atoms with E-state index in [1.807, 2.05) is 30.3 Å². The monoisotopic (exact) mass is 348 g/mol. The van der Waals surface area contributed by atoms with Gasteiger partial charge in [0.15, 0.2) is 0 Å². The number of carbonyl (C=O) groups is 1. The van der Waals surface area contributed by atoms with Crippen LogP contribution in [0.25, 0.3) is 11.0 Å².